The summed E-state index contributed by atoms with van der Waals surface area (Å²) < 4.78 is 10.9. The van der Waals surface area contributed by atoms with E-state index in [9.17, 15) is 9.90 Å². The lowest BCUT2D eigenvalue weighted by Gasteiger charge is -2.43. The summed E-state index contributed by atoms with van der Waals surface area (Å²) in [4.78, 5) is 11.7. The number of fused-ring (bicyclic) bond motifs is 1. The largest absolute Gasteiger partial charge is 0.444 e. The minimum atomic E-state index is -0.512. The van der Waals surface area contributed by atoms with E-state index in [2.05, 4.69) is 5.32 Å². The van der Waals surface area contributed by atoms with E-state index in [1.54, 1.807) is 0 Å². The molecular weight excluding hydrogens is 222 g/mol. The van der Waals surface area contributed by atoms with Gasteiger partial charge in [-0.05, 0) is 27.7 Å². The van der Waals surface area contributed by atoms with Crippen molar-refractivity contribution in [2.45, 2.75) is 63.4 Å². The van der Waals surface area contributed by atoms with Gasteiger partial charge in [-0.2, -0.15) is 0 Å². The van der Waals surface area contributed by atoms with Gasteiger partial charge in [0.15, 0.2) is 0 Å². The first kappa shape index (κ1) is 12.6. The topological polar surface area (TPSA) is 67.8 Å². The third kappa shape index (κ3) is 2.26. The zero-order valence-electron chi connectivity index (χ0n) is 10.9. The van der Waals surface area contributed by atoms with Gasteiger partial charge in [0.2, 0.25) is 0 Å². The molecule has 1 atom stereocenters. The molecule has 2 aliphatic heterocycles. The van der Waals surface area contributed by atoms with Gasteiger partial charge in [-0.25, -0.2) is 4.79 Å². The molecular formula is C12H21NO4. The number of hydrogen-bond donors (Lipinski definition) is 2. The Morgan fingerprint density at radius 1 is 1.53 bits per heavy atom. The van der Waals surface area contributed by atoms with Gasteiger partial charge in [-0.3, -0.25) is 0 Å². The molecule has 2 saturated heterocycles. The molecule has 0 aromatic rings. The quantitative estimate of drug-likeness (QED) is 0.764. The Kier molecular flexibility index (Phi) is 2.67. The molecule has 0 aromatic carbocycles. The predicted octanol–water partition coefficient (Wildman–Crippen LogP) is 1.19. The predicted molar refractivity (Wildman–Crippen MR) is 61.7 cm³/mol. The van der Waals surface area contributed by atoms with Crippen LogP contribution in [-0.4, -0.2) is 40.7 Å². The Morgan fingerprint density at radius 2 is 2.12 bits per heavy atom. The first-order valence-electron chi connectivity index (χ1n) is 5.98. The molecule has 3 rings (SSSR count). The van der Waals surface area contributed by atoms with Gasteiger partial charge in [-0.1, -0.05) is 0 Å². The van der Waals surface area contributed by atoms with Crippen LogP contribution in [0.3, 0.4) is 0 Å². The molecule has 1 saturated carbocycles. The molecule has 2 heterocycles. The average molecular weight is 243 g/mol. The summed E-state index contributed by atoms with van der Waals surface area (Å²) in [5, 5.41) is 12.1. The van der Waals surface area contributed by atoms with E-state index in [0.29, 0.717) is 0 Å². The summed E-state index contributed by atoms with van der Waals surface area (Å²) in [6.07, 6.45) is 0.720. The van der Waals surface area contributed by atoms with Crippen LogP contribution in [0.1, 0.15) is 40.5 Å². The third-order valence-corrected chi connectivity index (χ3v) is 3.34. The first-order chi connectivity index (χ1) is 7.68. The number of rotatable bonds is 2. The van der Waals surface area contributed by atoms with Crippen LogP contribution in [0.15, 0.2) is 0 Å². The zero-order chi connectivity index (χ0) is 12.9. The second-order valence-corrected chi connectivity index (χ2v) is 6.38. The van der Waals surface area contributed by atoms with Gasteiger partial charge < -0.3 is 19.9 Å². The Balaban J connectivity index is 1.98. The van der Waals surface area contributed by atoms with E-state index in [4.69, 9.17) is 9.47 Å². The lowest BCUT2D eigenvalue weighted by atomic mass is 9.67. The van der Waals surface area contributed by atoms with E-state index >= 15 is 0 Å². The van der Waals surface area contributed by atoms with Gasteiger partial charge in [0.05, 0.1) is 17.7 Å². The average Bonchev–Trinajstić information content (AvgIpc) is 2.47. The number of hydrogen-bond acceptors (Lipinski definition) is 4. The third-order valence-electron chi connectivity index (χ3n) is 3.34. The second kappa shape index (κ2) is 3.59. The van der Waals surface area contributed by atoms with Crippen LogP contribution in [0.2, 0.25) is 0 Å². The second-order valence-electron chi connectivity index (χ2n) is 6.38. The fourth-order valence-electron chi connectivity index (χ4n) is 2.94. The number of alkyl carbamates (subject to hydrolysis) is 1. The lowest BCUT2D eigenvalue weighted by Crippen LogP contribution is -2.62. The molecule has 3 aliphatic rings. The van der Waals surface area contributed by atoms with Gasteiger partial charge in [0, 0.05) is 12.8 Å². The molecule has 1 unspecified atom stereocenters. The van der Waals surface area contributed by atoms with Crippen molar-refractivity contribution in [1.29, 1.82) is 0 Å². The molecule has 0 aromatic heterocycles. The molecule has 2 N–H and O–H groups in total. The fourth-order valence-corrected chi connectivity index (χ4v) is 2.94. The molecule has 1 aliphatic carbocycles. The van der Waals surface area contributed by atoms with Crippen LogP contribution < -0.4 is 5.32 Å². The van der Waals surface area contributed by atoms with Crippen molar-refractivity contribution in [2.75, 3.05) is 6.61 Å². The lowest BCUT2D eigenvalue weighted by molar-refractivity contribution is -0.0234. The highest BCUT2D eigenvalue weighted by Crippen LogP contribution is 2.55. The highest BCUT2D eigenvalue weighted by molar-refractivity contribution is 5.69. The van der Waals surface area contributed by atoms with Crippen molar-refractivity contribution in [1.82, 2.24) is 5.32 Å². The summed E-state index contributed by atoms with van der Waals surface area (Å²) >= 11 is 0. The number of ether oxygens (including phenoxy) is 2. The maximum Gasteiger partial charge on any atom is 0.408 e. The summed E-state index contributed by atoms with van der Waals surface area (Å²) in [6.45, 7) is 7.39. The highest BCUT2D eigenvalue weighted by atomic mass is 16.6. The maximum atomic E-state index is 11.7. The van der Waals surface area contributed by atoms with E-state index in [1.807, 2.05) is 27.7 Å². The number of amides is 1. The molecule has 98 valence electrons. The van der Waals surface area contributed by atoms with Crippen molar-refractivity contribution >= 4 is 6.09 Å². The van der Waals surface area contributed by atoms with Crippen LogP contribution >= 0.6 is 0 Å². The standard InChI is InChI=1S/C12H21NO4/c1-10(2,3)17-9(15)13-12-6-11(4,7-12)16-8(12)5-14/h8,14H,5-7H2,1-4H3,(H,13,15). The number of carbonyl (C=O) groups excluding carboxylic acids is 1. The minimum absolute atomic E-state index is 0.0780. The summed E-state index contributed by atoms with van der Waals surface area (Å²) in [5.41, 5.74) is -1.14. The van der Waals surface area contributed by atoms with Gasteiger partial charge >= 0.3 is 6.09 Å². The normalized spacial score (nSPS) is 39.7. The van der Waals surface area contributed by atoms with Crippen LogP contribution in [0.25, 0.3) is 0 Å². The van der Waals surface area contributed by atoms with Crippen molar-refractivity contribution in [3.63, 3.8) is 0 Å². The Hall–Kier alpha value is -0.810. The minimum Gasteiger partial charge on any atom is -0.444 e. The van der Waals surface area contributed by atoms with E-state index in [-0.39, 0.29) is 18.3 Å². The highest BCUT2D eigenvalue weighted by Gasteiger charge is 2.66. The van der Waals surface area contributed by atoms with Crippen molar-refractivity contribution in [2.24, 2.45) is 0 Å². The smallest absolute Gasteiger partial charge is 0.408 e. The summed E-state index contributed by atoms with van der Waals surface area (Å²) in [6, 6.07) is 0. The number of carbonyl (C=O) groups is 1. The Bertz CT molecular complexity index is 328. The van der Waals surface area contributed by atoms with Crippen LogP contribution in [0.5, 0.6) is 0 Å². The van der Waals surface area contributed by atoms with E-state index < -0.39 is 17.2 Å². The molecule has 0 radical (unpaired) electrons. The first-order valence-corrected chi connectivity index (χ1v) is 5.98. The fraction of sp³-hybridized carbons (Fsp3) is 0.917. The molecule has 17 heavy (non-hydrogen) atoms. The molecule has 5 nitrogen and oxygen atoms in total. The Morgan fingerprint density at radius 3 is 2.59 bits per heavy atom. The monoisotopic (exact) mass is 243 g/mol. The summed E-state index contributed by atoms with van der Waals surface area (Å²) in [7, 11) is 0. The molecule has 5 heteroatoms. The maximum absolute atomic E-state index is 11.7. The van der Waals surface area contributed by atoms with E-state index in [0.717, 1.165) is 12.8 Å². The Labute approximate surface area is 101 Å². The van der Waals surface area contributed by atoms with Crippen LogP contribution in [0, 0.1) is 0 Å². The SMILES string of the molecule is CC(C)(C)OC(=O)NC12CC(C)(C1)OC2CO. The van der Waals surface area contributed by atoms with Crippen LogP contribution in [-0.2, 0) is 9.47 Å². The van der Waals surface area contributed by atoms with Gasteiger partial charge in [-0.15, -0.1) is 0 Å². The summed E-state index contributed by atoms with van der Waals surface area (Å²) in [5.74, 6) is 0. The zero-order valence-corrected chi connectivity index (χ0v) is 10.9. The van der Waals surface area contributed by atoms with Crippen molar-refractivity contribution in [3.8, 4) is 0 Å². The molecule has 0 spiro atoms. The molecule has 2 bridgehead atoms. The number of aliphatic hydroxyl groups excluding tert-OH is 1. The number of aliphatic hydroxyl groups is 1. The molecule has 1 amide bonds. The molecule has 3 fully saturated rings. The van der Waals surface area contributed by atoms with E-state index in [1.165, 1.54) is 0 Å². The van der Waals surface area contributed by atoms with Gasteiger partial charge in [0.25, 0.3) is 0 Å². The number of nitrogens with one attached hydrogen (secondary N) is 1. The van der Waals surface area contributed by atoms with Gasteiger partial charge in [0.1, 0.15) is 11.7 Å². The van der Waals surface area contributed by atoms with Crippen LogP contribution in [0.4, 0.5) is 4.79 Å². The van der Waals surface area contributed by atoms with Crippen molar-refractivity contribution in [3.05, 3.63) is 0 Å². The van der Waals surface area contributed by atoms with Crippen molar-refractivity contribution < 1.29 is 19.4 Å².